The Morgan fingerprint density at radius 1 is 1.09 bits per heavy atom. The van der Waals surface area contributed by atoms with Crippen LogP contribution in [-0.4, -0.2) is 42.8 Å². The zero-order chi connectivity index (χ0) is 16.5. The van der Waals surface area contributed by atoms with E-state index in [9.17, 15) is 14.7 Å². The number of hydrogen-bond acceptors (Lipinski definition) is 4. The highest BCUT2D eigenvalue weighted by molar-refractivity contribution is 5.98. The molecule has 0 fully saturated rings. The van der Waals surface area contributed by atoms with Crippen molar-refractivity contribution in [2.75, 3.05) is 19.8 Å². The van der Waals surface area contributed by atoms with Crippen LogP contribution in [0.15, 0.2) is 24.3 Å². The molecule has 0 spiro atoms. The van der Waals surface area contributed by atoms with E-state index in [-0.39, 0.29) is 6.61 Å². The lowest BCUT2D eigenvalue weighted by atomic mass is 10.1. The Morgan fingerprint density at radius 3 is 2.57 bits per heavy atom. The van der Waals surface area contributed by atoms with E-state index in [1.807, 2.05) is 0 Å². The Labute approximate surface area is 135 Å². The molecule has 1 aromatic rings. The Balaban J connectivity index is 2.13. The van der Waals surface area contributed by atoms with Crippen LogP contribution in [0.1, 0.15) is 42.5 Å². The van der Waals surface area contributed by atoms with Gasteiger partial charge in [0.2, 0.25) is 0 Å². The monoisotopic (exact) mass is 321 g/mol. The maximum Gasteiger partial charge on any atom is 0.328 e. The molecular formula is C17H23NO5. The van der Waals surface area contributed by atoms with Crippen LogP contribution >= 0.6 is 0 Å². The minimum atomic E-state index is -1.11. The largest absolute Gasteiger partial charge is 0.493 e. The molecular weight excluding hydrogens is 298 g/mol. The van der Waals surface area contributed by atoms with Gasteiger partial charge in [0.25, 0.3) is 5.91 Å². The van der Waals surface area contributed by atoms with Gasteiger partial charge in [0.05, 0.1) is 18.8 Å². The molecule has 1 aliphatic heterocycles. The van der Waals surface area contributed by atoms with Crippen LogP contribution < -0.4 is 10.1 Å². The van der Waals surface area contributed by atoms with E-state index in [1.165, 1.54) is 0 Å². The zero-order valence-electron chi connectivity index (χ0n) is 13.1. The molecule has 126 valence electrons. The number of carbonyl (C=O) groups excluding carboxylic acids is 1. The number of rotatable bonds is 1. The predicted molar refractivity (Wildman–Crippen MR) is 84.7 cm³/mol. The number of para-hydroxylation sites is 1. The number of carbonyl (C=O) groups is 2. The van der Waals surface area contributed by atoms with Gasteiger partial charge < -0.3 is 19.9 Å². The zero-order valence-corrected chi connectivity index (χ0v) is 13.1. The molecule has 0 saturated carbocycles. The summed E-state index contributed by atoms with van der Waals surface area (Å²) in [5.74, 6) is -1.10. The van der Waals surface area contributed by atoms with Crippen LogP contribution in [0, 0.1) is 0 Å². The number of carboxylic acids is 1. The normalized spacial score (nSPS) is 21.0. The standard InChI is InChI=1S/C17H23NO5/c19-16-13-8-4-5-9-15(13)23-11-7-3-1-2-6-10-22-12-14(18-16)17(20)21/h4-5,8-9,14H,1-3,6-7,10-12H2,(H,18,19)(H,20,21)/t14-/m0/s1. The summed E-state index contributed by atoms with van der Waals surface area (Å²) in [5, 5.41) is 11.7. The van der Waals surface area contributed by atoms with Crippen molar-refractivity contribution in [3.8, 4) is 5.75 Å². The number of fused-ring (bicyclic) bond motifs is 1. The number of hydrogen-bond donors (Lipinski definition) is 2. The van der Waals surface area contributed by atoms with Crippen LogP contribution in [0.3, 0.4) is 0 Å². The van der Waals surface area contributed by atoms with E-state index in [0.29, 0.717) is 24.5 Å². The van der Waals surface area contributed by atoms with Gasteiger partial charge in [0, 0.05) is 6.61 Å². The van der Waals surface area contributed by atoms with Gasteiger partial charge in [-0.05, 0) is 25.0 Å². The number of aliphatic carboxylic acids is 1. The van der Waals surface area contributed by atoms with Gasteiger partial charge in [-0.3, -0.25) is 4.79 Å². The smallest absolute Gasteiger partial charge is 0.328 e. The number of nitrogens with one attached hydrogen (secondary N) is 1. The van der Waals surface area contributed by atoms with Crippen molar-refractivity contribution in [3.63, 3.8) is 0 Å². The highest BCUT2D eigenvalue weighted by atomic mass is 16.5. The van der Waals surface area contributed by atoms with Crippen molar-refractivity contribution in [2.24, 2.45) is 0 Å². The van der Waals surface area contributed by atoms with E-state index >= 15 is 0 Å². The molecule has 0 unspecified atom stereocenters. The van der Waals surface area contributed by atoms with Crippen LogP contribution in [0.5, 0.6) is 5.75 Å². The Morgan fingerprint density at radius 2 is 1.78 bits per heavy atom. The van der Waals surface area contributed by atoms with Gasteiger partial charge in [0.15, 0.2) is 6.04 Å². The Bertz CT molecular complexity index is 531. The number of ether oxygens (including phenoxy) is 2. The Hall–Kier alpha value is -2.08. The summed E-state index contributed by atoms with van der Waals surface area (Å²) in [4.78, 5) is 23.6. The molecule has 0 aliphatic carbocycles. The van der Waals surface area contributed by atoms with E-state index < -0.39 is 17.9 Å². The number of amides is 1. The van der Waals surface area contributed by atoms with E-state index in [0.717, 1.165) is 32.1 Å². The van der Waals surface area contributed by atoms with Crippen molar-refractivity contribution >= 4 is 11.9 Å². The molecule has 1 amide bonds. The molecule has 1 heterocycles. The third-order valence-corrected chi connectivity index (χ3v) is 3.71. The maximum absolute atomic E-state index is 12.3. The predicted octanol–water partition coefficient (Wildman–Crippen LogP) is 2.23. The summed E-state index contributed by atoms with van der Waals surface area (Å²) in [6.45, 7) is 1.01. The molecule has 0 aromatic heterocycles. The lowest BCUT2D eigenvalue weighted by molar-refractivity contribution is -0.140. The highest BCUT2D eigenvalue weighted by Crippen LogP contribution is 2.19. The molecule has 2 N–H and O–H groups in total. The quantitative estimate of drug-likeness (QED) is 0.828. The minimum Gasteiger partial charge on any atom is -0.493 e. The summed E-state index contributed by atoms with van der Waals surface area (Å²) in [6, 6.07) is 5.79. The second kappa shape index (κ2) is 9.15. The van der Waals surface area contributed by atoms with Gasteiger partial charge in [0.1, 0.15) is 5.75 Å². The molecule has 0 saturated heterocycles. The van der Waals surface area contributed by atoms with E-state index in [1.54, 1.807) is 24.3 Å². The number of carboxylic acid groups (broad SMARTS) is 1. The first-order chi connectivity index (χ1) is 11.2. The lowest BCUT2D eigenvalue weighted by Crippen LogP contribution is -2.44. The molecule has 1 aliphatic rings. The van der Waals surface area contributed by atoms with Crippen molar-refractivity contribution in [2.45, 2.75) is 38.1 Å². The first-order valence-corrected chi connectivity index (χ1v) is 8.01. The first-order valence-electron chi connectivity index (χ1n) is 8.01. The molecule has 0 bridgehead atoms. The molecule has 2 rings (SSSR count). The summed E-state index contributed by atoms with van der Waals surface area (Å²) < 4.78 is 11.1. The second-order valence-corrected chi connectivity index (χ2v) is 5.55. The summed E-state index contributed by atoms with van der Waals surface area (Å²) in [6.07, 6.45) is 5.01. The van der Waals surface area contributed by atoms with E-state index in [2.05, 4.69) is 5.32 Å². The van der Waals surface area contributed by atoms with Crippen LogP contribution in [-0.2, 0) is 9.53 Å². The lowest BCUT2D eigenvalue weighted by Gasteiger charge is -2.16. The fraction of sp³-hybridized carbons (Fsp3) is 0.529. The van der Waals surface area contributed by atoms with E-state index in [4.69, 9.17) is 9.47 Å². The first kappa shape index (κ1) is 17.3. The third-order valence-electron chi connectivity index (χ3n) is 3.71. The molecule has 1 aromatic carbocycles. The molecule has 6 nitrogen and oxygen atoms in total. The van der Waals surface area contributed by atoms with Crippen molar-refractivity contribution in [1.29, 1.82) is 0 Å². The topological polar surface area (TPSA) is 84.9 Å². The average molecular weight is 321 g/mol. The summed E-state index contributed by atoms with van der Waals surface area (Å²) >= 11 is 0. The third kappa shape index (κ3) is 5.56. The number of benzene rings is 1. The average Bonchev–Trinajstić information content (AvgIpc) is 2.55. The second-order valence-electron chi connectivity index (χ2n) is 5.55. The molecule has 0 radical (unpaired) electrons. The van der Waals surface area contributed by atoms with Crippen molar-refractivity contribution in [3.05, 3.63) is 29.8 Å². The van der Waals surface area contributed by atoms with Gasteiger partial charge >= 0.3 is 5.97 Å². The van der Waals surface area contributed by atoms with Crippen LogP contribution in [0.2, 0.25) is 0 Å². The van der Waals surface area contributed by atoms with Crippen molar-refractivity contribution in [1.82, 2.24) is 5.32 Å². The maximum atomic E-state index is 12.3. The van der Waals surface area contributed by atoms with Gasteiger partial charge in [-0.25, -0.2) is 4.79 Å². The van der Waals surface area contributed by atoms with Gasteiger partial charge in [-0.2, -0.15) is 0 Å². The fourth-order valence-electron chi connectivity index (χ4n) is 2.41. The minimum absolute atomic E-state index is 0.0376. The molecule has 6 heteroatoms. The SMILES string of the molecule is O=C1N[C@H](C(=O)O)COCCCCCCCOc2ccccc21. The Kier molecular flexibility index (Phi) is 6.87. The van der Waals surface area contributed by atoms with Gasteiger partial charge in [-0.15, -0.1) is 0 Å². The van der Waals surface area contributed by atoms with Crippen LogP contribution in [0.25, 0.3) is 0 Å². The van der Waals surface area contributed by atoms with Gasteiger partial charge in [-0.1, -0.05) is 31.4 Å². The highest BCUT2D eigenvalue weighted by Gasteiger charge is 2.22. The summed E-state index contributed by atoms with van der Waals surface area (Å²) in [7, 11) is 0. The van der Waals surface area contributed by atoms with Crippen molar-refractivity contribution < 1.29 is 24.2 Å². The fourth-order valence-corrected chi connectivity index (χ4v) is 2.41. The molecule has 23 heavy (non-hydrogen) atoms. The van der Waals surface area contributed by atoms with Crippen LogP contribution in [0.4, 0.5) is 0 Å². The molecule has 1 atom stereocenters. The summed E-state index contributed by atoms with van der Waals surface area (Å²) in [5.41, 5.74) is 0.341.